The maximum atomic E-state index is 12.9. The normalized spacial score (nSPS) is 10.4. The van der Waals surface area contributed by atoms with E-state index in [2.05, 4.69) is 0 Å². The van der Waals surface area contributed by atoms with Gasteiger partial charge in [-0.3, -0.25) is 9.80 Å². The van der Waals surface area contributed by atoms with Gasteiger partial charge in [0.25, 0.3) is 0 Å². The number of nitrogens with two attached hydrogens (primary N) is 1. The zero-order chi connectivity index (χ0) is 12.8. The van der Waals surface area contributed by atoms with Crippen molar-refractivity contribution in [3.8, 4) is 0 Å². The molecule has 2 N–H and O–H groups in total. The fraction of sp³-hybridized carbons (Fsp3) is 0.417. The van der Waals surface area contributed by atoms with E-state index in [0.717, 1.165) is 29.8 Å². The van der Waals surface area contributed by atoms with Crippen LogP contribution in [-0.2, 0) is 11.2 Å². The van der Waals surface area contributed by atoms with Gasteiger partial charge < -0.3 is 0 Å². The fourth-order valence-electron chi connectivity index (χ4n) is 1.48. The molecule has 1 amide bonds. The first-order chi connectivity index (χ1) is 8.00. The van der Waals surface area contributed by atoms with Crippen LogP contribution in [0.2, 0.25) is 5.02 Å². The molecule has 0 saturated heterocycles. The second-order valence-corrected chi connectivity index (χ2v) is 4.37. The van der Waals surface area contributed by atoms with E-state index in [9.17, 15) is 9.18 Å². The van der Waals surface area contributed by atoms with Gasteiger partial charge in [0, 0.05) is 13.5 Å². The molecule has 1 aromatic rings. The number of aryl methyl sites for hydroxylation is 1. The van der Waals surface area contributed by atoms with Crippen LogP contribution in [0, 0.1) is 5.82 Å². The first-order valence-electron chi connectivity index (χ1n) is 5.46. The van der Waals surface area contributed by atoms with E-state index in [0.29, 0.717) is 6.42 Å². The Morgan fingerprint density at radius 3 is 2.76 bits per heavy atom. The Hall–Kier alpha value is -1.13. The minimum absolute atomic E-state index is 0.0814. The van der Waals surface area contributed by atoms with Crippen molar-refractivity contribution < 1.29 is 9.18 Å². The van der Waals surface area contributed by atoms with Gasteiger partial charge in [-0.1, -0.05) is 17.7 Å². The molecule has 0 atom stereocenters. The number of unbranched alkanes of at least 4 members (excludes halogenated alkanes) is 1. The van der Waals surface area contributed by atoms with E-state index < -0.39 is 5.82 Å². The Morgan fingerprint density at radius 2 is 2.18 bits per heavy atom. The number of halogens is 2. The quantitative estimate of drug-likeness (QED) is 0.382. The average Bonchev–Trinajstić information content (AvgIpc) is 2.28. The van der Waals surface area contributed by atoms with Crippen molar-refractivity contribution in [2.45, 2.75) is 25.7 Å². The number of carbonyl (C=O) groups is 1. The Kier molecular flexibility index (Phi) is 5.38. The highest BCUT2D eigenvalue weighted by Crippen LogP contribution is 2.17. The number of hydrogen-bond donors (Lipinski definition) is 1. The molecule has 1 rings (SSSR count). The van der Waals surface area contributed by atoms with Gasteiger partial charge in [0.05, 0.1) is 5.02 Å². The van der Waals surface area contributed by atoms with E-state index in [-0.39, 0.29) is 10.9 Å². The molecular formula is C12H16ClFN2O. The van der Waals surface area contributed by atoms with Crippen LogP contribution >= 0.6 is 11.6 Å². The number of rotatable bonds is 5. The van der Waals surface area contributed by atoms with Crippen LogP contribution in [-0.4, -0.2) is 18.0 Å². The zero-order valence-corrected chi connectivity index (χ0v) is 10.5. The maximum absolute atomic E-state index is 12.9. The lowest BCUT2D eigenvalue weighted by molar-refractivity contribution is -0.130. The molecule has 3 nitrogen and oxygen atoms in total. The van der Waals surface area contributed by atoms with Gasteiger partial charge in [0.1, 0.15) is 5.82 Å². The number of benzene rings is 1. The molecule has 0 bridgehead atoms. The number of hydrogen-bond acceptors (Lipinski definition) is 2. The molecule has 17 heavy (non-hydrogen) atoms. The lowest BCUT2D eigenvalue weighted by atomic mass is 10.1. The van der Waals surface area contributed by atoms with Gasteiger partial charge in [-0.15, -0.1) is 0 Å². The minimum Gasteiger partial charge on any atom is -0.284 e. The summed E-state index contributed by atoms with van der Waals surface area (Å²) < 4.78 is 12.9. The van der Waals surface area contributed by atoms with Gasteiger partial charge in [-0.05, 0) is 37.0 Å². The van der Waals surface area contributed by atoms with Crippen molar-refractivity contribution in [2.24, 2.45) is 5.84 Å². The monoisotopic (exact) mass is 258 g/mol. The molecule has 94 valence electrons. The Bertz CT molecular complexity index is 396. The number of carbonyl (C=O) groups excluding carboxylic acids is 1. The Morgan fingerprint density at radius 1 is 1.47 bits per heavy atom. The van der Waals surface area contributed by atoms with Crippen LogP contribution in [0.3, 0.4) is 0 Å². The molecule has 0 aliphatic heterocycles. The molecule has 0 aliphatic carbocycles. The summed E-state index contributed by atoms with van der Waals surface area (Å²) in [5.41, 5.74) is 0.977. The van der Waals surface area contributed by atoms with Crippen molar-refractivity contribution in [3.63, 3.8) is 0 Å². The summed E-state index contributed by atoms with van der Waals surface area (Å²) >= 11 is 5.67. The molecule has 0 aliphatic rings. The highest BCUT2D eigenvalue weighted by atomic mass is 35.5. The molecule has 0 fully saturated rings. The second kappa shape index (κ2) is 6.57. The highest BCUT2D eigenvalue weighted by Gasteiger charge is 2.04. The molecule has 0 spiro atoms. The largest absolute Gasteiger partial charge is 0.284 e. The first kappa shape index (κ1) is 13.9. The molecule has 5 heteroatoms. The van der Waals surface area contributed by atoms with E-state index in [1.165, 1.54) is 13.1 Å². The van der Waals surface area contributed by atoms with Crippen LogP contribution in [0.25, 0.3) is 0 Å². The predicted molar refractivity (Wildman–Crippen MR) is 65.9 cm³/mol. The van der Waals surface area contributed by atoms with Gasteiger partial charge in [0.15, 0.2) is 0 Å². The summed E-state index contributed by atoms with van der Waals surface area (Å²) in [6.45, 7) is 0. The molecule has 0 saturated carbocycles. The standard InChI is InChI=1S/C12H16ClFN2O/c1-16(15)12(17)5-3-2-4-9-6-7-11(14)10(13)8-9/h6-8H,2-5,15H2,1H3. The first-order valence-corrected chi connectivity index (χ1v) is 5.83. The van der Waals surface area contributed by atoms with Crippen LogP contribution < -0.4 is 5.84 Å². The predicted octanol–water partition coefficient (Wildman–Crippen LogP) is 2.52. The molecule has 0 unspecified atom stereocenters. The Balaban J connectivity index is 2.31. The van der Waals surface area contributed by atoms with Gasteiger partial charge in [-0.2, -0.15) is 0 Å². The smallest absolute Gasteiger partial charge is 0.236 e. The lowest BCUT2D eigenvalue weighted by Gasteiger charge is -2.09. The molecule has 1 aromatic carbocycles. The van der Waals surface area contributed by atoms with Gasteiger partial charge in [-0.25, -0.2) is 10.2 Å². The number of hydrazine groups is 1. The fourth-order valence-corrected chi connectivity index (χ4v) is 1.68. The van der Waals surface area contributed by atoms with E-state index in [1.54, 1.807) is 12.1 Å². The Labute approximate surface area is 105 Å². The van der Waals surface area contributed by atoms with Crippen molar-refractivity contribution in [1.82, 2.24) is 5.01 Å². The maximum Gasteiger partial charge on any atom is 0.236 e. The summed E-state index contributed by atoms with van der Waals surface area (Å²) in [5, 5.41) is 1.23. The van der Waals surface area contributed by atoms with Gasteiger partial charge >= 0.3 is 0 Å². The highest BCUT2D eigenvalue weighted by molar-refractivity contribution is 6.30. The molecular weight excluding hydrogens is 243 g/mol. The van der Waals surface area contributed by atoms with E-state index in [1.807, 2.05) is 0 Å². The van der Waals surface area contributed by atoms with Crippen molar-refractivity contribution in [3.05, 3.63) is 34.6 Å². The van der Waals surface area contributed by atoms with Crippen LogP contribution in [0.4, 0.5) is 4.39 Å². The number of nitrogens with zero attached hydrogens (tertiary/aromatic N) is 1. The topological polar surface area (TPSA) is 46.3 Å². The molecule has 0 radical (unpaired) electrons. The van der Waals surface area contributed by atoms with E-state index in [4.69, 9.17) is 17.4 Å². The summed E-state index contributed by atoms with van der Waals surface area (Å²) in [4.78, 5) is 11.2. The van der Waals surface area contributed by atoms with Crippen LogP contribution in [0.15, 0.2) is 18.2 Å². The number of amides is 1. The SMILES string of the molecule is CN(N)C(=O)CCCCc1ccc(F)c(Cl)c1. The lowest BCUT2D eigenvalue weighted by Crippen LogP contribution is -2.32. The van der Waals surface area contributed by atoms with Gasteiger partial charge in [0.2, 0.25) is 5.91 Å². The third-order valence-electron chi connectivity index (χ3n) is 2.48. The van der Waals surface area contributed by atoms with Crippen molar-refractivity contribution >= 4 is 17.5 Å². The summed E-state index contributed by atoms with van der Waals surface area (Å²) in [6.07, 6.45) is 2.82. The minimum atomic E-state index is -0.407. The second-order valence-electron chi connectivity index (χ2n) is 3.96. The third-order valence-corrected chi connectivity index (χ3v) is 2.77. The summed E-state index contributed by atoms with van der Waals surface area (Å²) in [6, 6.07) is 4.68. The van der Waals surface area contributed by atoms with Crippen LogP contribution in [0.5, 0.6) is 0 Å². The summed E-state index contributed by atoms with van der Waals surface area (Å²) in [5.74, 6) is 4.80. The molecule has 0 aromatic heterocycles. The zero-order valence-electron chi connectivity index (χ0n) is 9.75. The van der Waals surface area contributed by atoms with E-state index >= 15 is 0 Å². The average molecular weight is 259 g/mol. The van der Waals surface area contributed by atoms with Crippen molar-refractivity contribution in [1.29, 1.82) is 0 Å². The molecule has 0 heterocycles. The third kappa shape index (κ3) is 4.71. The van der Waals surface area contributed by atoms with Crippen LogP contribution in [0.1, 0.15) is 24.8 Å². The van der Waals surface area contributed by atoms with Crippen molar-refractivity contribution in [2.75, 3.05) is 7.05 Å². The summed E-state index contributed by atoms with van der Waals surface area (Å²) in [7, 11) is 1.53.